The van der Waals surface area contributed by atoms with Crippen molar-refractivity contribution in [1.29, 1.82) is 0 Å². The maximum absolute atomic E-state index is 12.4. The molecule has 0 aliphatic rings. The molecule has 0 fully saturated rings. The number of sulfonamides is 1. The van der Waals surface area contributed by atoms with Crippen LogP contribution in [0.2, 0.25) is 10.0 Å². The van der Waals surface area contributed by atoms with Gasteiger partial charge in [-0.05, 0) is 32.1 Å². The molecule has 1 unspecified atom stereocenters. The van der Waals surface area contributed by atoms with E-state index in [4.69, 9.17) is 28.9 Å². The van der Waals surface area contributed by atoms with Crippen LogP contribution in [0.25, 0.3) is 0 Å². The van der Waals surface area contributed by atoms with Gasteiger partial charge in [0.05, 0.1) is 10.0 Å². The van der Waals surface area contributed by atoms with Gasteiger partial charge in [-0.15, -0.1) is 0 Å². The summed E-state index contributed by atoms with van der Waals surface area (Å²) in [5.74, 6) is 0. The fourth-order valence-electron chi connectivity index (χ4n) is 2.07. The molecule has 0 saturated heterocycles. The quantitative estimate of drug-likeness (QED) is 0.738. The zero-order valence-corrected chi connectivity index (χ0v) is 14.7. The predicted octanol–water partition coefficient (Wildman–Crippen LogP) is 2.58. The Hall–Kier alpha value is -0.530. The molecule has 8 heteroatoms. The molecule has 0 aliphatic carbocycles. The molecule has 0 amide bonds. The topological polar surface area (TPSA) is 75.4 Å². The normalized spacial score (nSPS) is 13.6. The zero-order chi connectivity index (χ0) is 16.2. The lowest BCUT2D eigenvalue weighted by Crippen LogP contribution is -2.42. The molecule has 5 nitrogen and oxygen atoms in total. The van der Waals surface area contributed by atoms with Gasteiger partial charge in [0, 0.05) is 18.3 Å². The Kier molecular flexibility index (Phi) is 6.74. The van der Waals surface area contributed by atoms with Crippen molar-refractivity contribution >= 4 is 38.9 Å². The number of benzene rings is 1. The highest BCUT2D eigenvalue weighted by Gasteiger charge is 2.24. The summed E-state index contributed by atoms with van der Waals surface area (Å²) in [4.78, 5) is 1.99. The molecule has 21 heavy (non-hydrogen) atoms. The zero-order valence-electron chi connectivity index (χ0n) is 12.4. The van der Waals surface area contributed by atoms with Crippen LogP contribution in [0.15, 0.2) is 17.0 Å². The highest BCUT2D eigenvalue weighted by molar-refractivity contribution is 7.89. The number of likely N-dealkylation sites (N-methyl/N-ethyl adjacent to an activating group) is 1. The van der Waals surface area contributed by atoms with Crippen LogP contribution in [0.4, 0.5) is 5.69 Å². The van der Waals surface area contributed by atoms with Crippen molar-refractivity contribution in [2.45, 2.75) is 31.7 Å². The van der Waals surface area contributed by atoms with Crippen LogP contribution in [0.3, 0.4) is 0 Å². The van der Waals surface area contributed by atoms with Crippen molar-refractivity contribution < 1.29 is 8.42 Å². The summed E-state index contributed by atoms with van der Waals surface area (Å²) in [6, 6.07) is 2.48. The van der Waals surface area contributed by atoms with Gasteiger partial charge in [-0.3, -0.25) is 0 Å². The van der Waals surface area contributed by atoms with Gasteiger partial charge >= 0.3 is 0 Å². The SMILES string of the molecule is CCN(CC)CC(C)NS(=O)(=O)c1c(Cl)cc(N)cc1Cl. The molecular formula is C13H21Cl2N3O2S. The first-order valence-corrected chi connectivity index (χ1v) is 8.94. The largest absolute Gasteiger partial charge is 0.399 e. The molecule has 3 N–H and O–H groups in total. The van der Waals surface area contributed by atoms with Crippen molar-refractivity contribution in [3.8, 4) is 0 Å². The van der Waals surface area contributed by atoms with Crippen LogP contribution in [-0.2, 0) is 10.0 Å². The first-order valence-electron chi connectivity index (χ1n) is 6.70. The van der Waals surface area contributed by atoms with Crippen molar-refractivity contribution in [1.82, 2.24) is 9.62 Å². The average Bonchev–Trinajstić information content (AvgIpc) is 2.33. The average molecular weight is 354 g/mol. The molecule has 0 radical (unpaired) electrons. The lowest BCUT2D eigenvalue weighted by atomic mass is 10.3. The molecule has 1 rings (SSSR count). The van der Waals surface area contributed by atoms with Gasteiger partial charge in [-0.1, -0.05) is 37.0 Å². The van der Waals surface area contributed by atoms with Crippen LogP contribution >= 0.6 is 23.2 Å². The van der Waals surface area contributed by atoms with Crippen molar-refractivity contribution in [2.75, 3.05) is 25.4 Å². The third kappa shape index (κ3) is 5.00. The van der Waals surface area contributed by atoms with Crippen LogP contribution < -0.4 is 10.5 Å². The molecule has 1 aromatic rings. The predicted molar refractivity (Wildman–Crippen MR) is 88.4 cm³/mol. The second kappa shape index (κ2) is 7.65. The molecule has 1 aromatic carbocycles. The summed E-state index contributed by atoms with van der Waals surface area (Å²) < 4.78 is 27.4. The Labute approximate surface area is 136 Å². The molecule has 0 aliphatic heterocycles. The van der Waals surface area contributed by atoms with E-state index in [2.05, 4.69) is 9.62 Å². The first-order chi connectivity index (χ1) is 9.71. The van der Waals surface area contributed by atoms with E-state index in [-0.39, 0.29) is 21.0 Å². The third-order valence-corrected chi connectivity index (χ3v) is 5.58. The summed E-state index contributed by atoms with van der Waals surface area (Å²) >= 11 is 11.9. The number of nitrogens with zero attached hydrogens (tertiary/aromatic N) is 1. The van der Waals surface area contributed by atoms with Gasteiger partial charge < -0.3 is 10.6 Å². The minimum absolute atomic E-state index is 0.0162. The van der Waals surface area contributed by atoms with Gasteiger partial charge in [0.15, 0.2) is 0 Å². The van der Waals surface area contributed by atoms with Gasteiger partial charge in [0.2, 0.25) is 10.0 Å². The summed E-state index contributed by atoms with van der Waals surface area (Å²) in [6.07, 6.45) is 0. The van der Waals surface area contributed by atoms with E-state index in [1.54, 1.807) is 6.92 Å². The second-order valence-corrected chi connectivity index (χ2v) is 7.29. The van der Waals surface area contributed by atoms with Gasteiger partial charge in [0.25, 0.3) is 0 Å². The Balaban J connectivity index is 2.97. The smallest absolute Gasteiger partial charge is 0.243 e. The van der Waals surface area contributed by atoms with E-state index in [9.17, 15) is 8.42 Å². The van der Waals surface area contributed by atoms with Gasteiger partial charge in [0.1, 0.15) is 4.90 Å². The third-order valence-electron chi connectivity index (χ3n) is 3.07. The van der Waals surface area contributed by atoms with E-state index >= 15 is 0 Å². The molecule has 0 heterocycles. The van der Waals surface area contributed by atoms with E-state index in [0.29, 0.717) is 12.2 Å². The van der Waals surface area contributed by atoms with E-state index < -0.39 is 10.0 Å². The Morgan fingerprint density at radius 1 is 1.24 bits per heavy atom. The first kappa shape index (κ1) is 18.5. The monoisotopic (exact) mass is 353 g/mol. The molecule has 0 bridgehead atoms. The molecule has 0 aromatic heterocycles. The second-order valence-electron chi connectivity index (χ2n) is 4.82. The number of rotatable bonds is 7. The summed E-state index contributed by atoms with van der Waals surface area (Å²) in [5.41, 5.74) is 5.90. The molecule has 0 saturated carbocycles. The Morgan fingerprint density at radius 3 is 2.14 bits per heavy atom. The Morgan fingerprint density at radius 2 is 1.71 bits per heavy atom. The van der Waals surface area contributed by atoms with E-state index in [1.807, 2.05) is 13.8 Å². The number of halogens is 2. The van der Waals surface area contributed by atoms with Crippen molar-refractivity contribution in [2.24, 2.45) is 0 Å². The van der Waals surface area contributed by atoms with E-state index in [0.717, 1.165) is 13.1 Å². The Bertz CT molecular complexity index is 566. The summed E-state index contributed by atoms with van der Waals surface area (Å²) in [6.45, 7) is 8.17. The number of nitrogens with two attached hydrogens (primary N) is 1. The summed E-state index contributed by atoms with van der Waals surface area (Å²) in [5, 5.41) is 0.0325. The van der Waals surface area contributed by atoms with E-state index in [1.165, 1.54) is 12.1 Å². The fourth-order valence-corrected chi connectivity index (χ4v) is 4.53. The van der Waals surface area contributed by atoms with Gasteiger partial charge in [-0.25, -0.2) is 13.1 Å². The highest BCUT2D eigenvalue weighted by atomic mass is 35.5. The maximum atomic E-state index is 12.4. The minimum Gasteiger partial charge on any atom is -0.399 e. The maximum Gasteiger partial charge on any atom is 0.243 e. The van der Waals surface area contributed by atoms with Crippen LogP contribution in [0.1, 0.15) is 20.8 Å². The fraction of sp³-hybridized carbons (Fsp3) is 0.538. The van der Waals surface area contributed by atoms with Crippen molar-refractivity contribution in [3.05, 3.63) is 22.2 Å². The molecular weight excluding hydrogens is 333 g/mol. The lowest BCUT2D eigenvalue weighted by molar-refractivity contribution is 0.282. The van der Waals surface area contributed by atoms with Crippen LogP contribution in [-0.4, -0.2) is 39.0 Å². The van der Waals surface area contributed by atoms with Crippen LogP contribution in [0, 0.1) is 0 Å². The lowest BCUT2D eigenvalue weighted by Gasteiger charge is -2.23. The minimum atomic E-state index is -3.80. The number of nitrogen functional groups attached to an aromatic ring is 1. The van der Waals surface area contributed by atoms with Gasteiger partial charge in [-0.2, -0.15) is 0 Å². The standard InChI is InChI=1S/C13H21Cl2N3O2S/c1-4-18(5-2)8-9(3)17-21(19,20)13-11(14)6-10(16)7-12(13)15/h6-7,9,17H,4-5,8,16H2,1-3H3. The summed E-state index contributed by atoms with van der Waals surface area (Å²) in [7, 11) is -3.80. The number of nitrogens with one attached hydrogen (secondary N) is 1. The van der Waals surface area contributed by atoms with Crippen molar-refractivity contribution in [3.63, 3.8) is 0 Å². The molecule has 0 spiro atoms. The molecule has 120 valence electrons. The number of hydrogen-bond acceptors (Lipinski definition) is 4. The van der Waals surface area contributed by atoms with Crippen LogP contribution in [0.5, 0.6) is 0 Å². The number of anilines is 1. The number of hydrogen-bond donors (Lipinski definition) is 2. The highest BCUT2D eigenvalue weighted by Crippen LogP contribution is 2.31. The molecule has 1 atom stereocenters.